The van der Waals surface area contributed by atoms with Crippen LogP contribution in [0.15, 0.2) is 72.8 Å². The van der Waals surface area contributed by atoms with Gasteiger partial charge in [0, 0.05) is 6.54 Å². The summed E-state index contributed by atoms with van der Waals surface area (Å²) in [6.07, 6.45) is 1.45. The van der Waals surface area contributed by atoms with Crippen molar-refractivity contribution in [3.8, 4) is 16.9 Å². The molecular formula is C25H23N3O3. The number of benzene rings is 3. The summed E-state index contributed by atoms with van der Waals surface area (Å²) in [7, 11) is 0. The molecule has 0 radical (unpaired) electrons. The Bertz CT molecular complexity index is 1220. The predicted molar refractivity (Wildman–Crippen MR) is 119 cm³/mol. The summed E-state index contributed by atoms with van der Waals surface area (Å²) >= 11 is 0. The van der Waals surface area contributed by atoms with Crippen LogP contribution in [-0.4, -0.2) is 32.6 Å². The first kappa shape index (κ1) is 19.2. The fraction of sp³-hybridized carbons (Fsp3) is 0.200. The zero-order valence-corrected chi connectivity index (χ0v) is 17.0. The molecule has 1 atom stereocenters. The summed E-state index contributed by atoms with van der Waals surface area (Å²) < 4.78 is 5.55. The van der Waals surface area contributed by atoms with Crippen LogP contribution in [0.2, 0.25) is 0 Å². The van der Waals surface area contributed by atoms with Crippen molar-refractivity contribution in [2.75, 3.05) is 6.54 Å². The Morgan fingerprint density at radius 2 is 1.90 bits per heavy atom. The van der Waals surface area contributed by atoms with Crippen LogP contribution in [0.4, 0.5) is 4.79 Å². The van der Waals surface area contributed by atoms with Crippen molar-refractivity contribution in [3.63, 3.8) is 0 Å². The molecule has 156 valence electrons. The minimum atomic E-state index is -0.313. The van der Waals surface area contributed by atoms with Crippen molar-refractivity contribution in [1.29, 1.82) is 0 Å². The largest absolute Gasteiger partial charge is 0.508 e. The lowest BCUT2D eigenvalue weighted by molar-refractivity contribution is 0.0910. The van der Waals surface area contributed by atoms with Crippen molar-refractivity contribution >= 4 is 17.1 Å². The average molecular weight is 413 g/mol. The minimum absolute atomic E-state index is 0.125. The number of aromatic amines is 1. The van der Waals surface area contributed by atoms with E-state index in [2.05, 4.69) is 4.98 Å². The number of ether oxygens (including phenoxy) is 1. The van der Waals surface area contributed by atoms with E-state index in [1.54, 1.807) is 17.0 Å². The molecule has 0 spiro atoms. The molecule has 6 nitrogen and oxygen atoms in total. The van der Waals surface area contributed by atoms with E-state index in [1.807, 2.05) is 60.7 Å². The van der Waals surface area contributed by atoms with E-state index in [0.717, 1.165) is 46.4 Å². The Morgan fingerprint density at radius 1 is 1.06 bits per heavy atom. The van der Waals surface area contributed by atoms with Gasteiger partial charge in [0.1, 0.15) is 18.2 Å². The summed E-state index contributed by atoms with van der Waals surface area (Å²) in [6.45, 7) is 0.917. The molecule has 1 amide bonds. The van der Waals surface area contributed by atoms with E-state index in [9.17, 15) is 9.90 Å². The van der Waals surface area contributed by atoms with Gasteiger partial charge >= 0.3 is 6.09 Å². The number of hydrogen-bond acceptors (Lipinski definition) is 4. The Labute approximate surface area is 180 Å². The molecule has 1 unspecified atom stereocenters. The third kappa shape index (κ3) is 3.97. The monoisotopic (exact) mass is 413 g/mol. The number of nitrogens with zero attached hydrogens (tertiary/aromatic N) is 2. The van der Waals surface area contributed by atoms with Gasteiger partial charge in [0.05, 0.1) is 17.1 Å². The number of phenolic OH excluding ortho intramolecular Hbond substituents is 1. The molecule has 1 saturated heterocycles. The zero-order chi connectivity index (χ0) is 21.2. The van der Waals surface area contributed by atoms with Gasteiger partial charge < -0.3 is 14.8 Å². The molecule has 0 aliphatic carbocycles. The normalized spacial score (nSPS) is 16.0. The van der Waals surface area contributed by atoms with E-state index in [4.69, 9.17) is 9.72 Å². The van der Waals surface area contributed by atoms with Gasteiger partial charge in [-0.25, -0.2) is 9.78 Å². The van der Waals surface area contributed by atoms with Crippen molar-refractivity contribution in [2.24, 2.45) is 0 Å². The summed E-state index contributed by atoms with van der Waals surface area (Å²) in [5.74, 6) is 1.01. The number of phenols is 1. The second-order valence-electron chi connectivity index (χ2n) is 7.80. The lowest BCUT2D eigenvalue weighted by Gasteiger charge is -2.22. The standard InChI is InChI=1S/C25H23N3O3/c29-20-9-4-8-18(14-20)19-11-12-21-22(15-19)27-24(26-21)23-10-5-13-28(23)25(30)31-16-17-6-2-1-3-7-17/h1-4,6-9,11-12,14-15,23,29H,5,10,13,16H2,(H,26,27). The van der Waals surface area contributed by atoms with Gasteiger partial charge in [-0.3, -0.25) is 4.90 Å². The molecule has 0 saturated carbocycles. The van der Waals surface area contributed by atoms with Gasteiger partial charge in [-0.1, -0.05) is 48.5 Å². The molecule has 31 heavy (non-hydrogen) atoms. The minimum Gasteiger partial charge on any atom is -0.508 e. The number of hydrogen-bond donors (Lipinski definition) is 2. The number of likely N-dealkylation sites (tertiary alicyclic amines) is 1. The number of nitrogens with one attached hydrogen (secondary N) is 1. The molecule has 3 aromatic carbocycles. The van der Waals surface area contributed by atoms with Gasteiger partial charge in [-0.2, -0.15) is 0 Å². The number of rotatable bonds is 4. The van der Waals surface area contributed by atoms with Crippen LogP contribution < -0.4 is 0 Å². The molecule has 5 rings (SSSR count). The number of aromatic hydroxyl groups is 1. The smallest absolute Gasteiger partial charge is 0.410 e. The summed E-state index contributed by atoms with van der Waals surface area (Å²) in [6, 6.07) is 22.7. The zero-order valence-electron chi connectivity index (χ0n) is 17.0. The van der Waals surface area contributed by atoms with Gasteiger partial charge in [-0.15, -0.1) is 0 Å². The highest BCUT2D eigenvalue weighted by molar-refractivity contribution is 5.82. The molecule has 4 aromatic rings. The third-order valence-corrected chi connectivity index (χ3v) is 5.69. The predicted octanol–water partition coefficient (Wildman–Crippen LogP) is 5.41. The first-order chi connectivity index (χ1) is 15.2. The van der Waals surface area contributed by atoms with Crippen LogP contribution in [0.1, 0.15) is 30.3 Å². The third-order valence-electron chi connectivity index (χ3n) is 5.69. The van der Waals surface area contributed by atoms with E-state index in [-0.39, 0.29) is 24.5 Å². The second-order valence-corrected chi connectivity index (χ2v) is 7.80. The van der Waals surface area contributed by atoms with E-state index >= 15 is 0 Å². The Hall–Kier alpha value is -3.80. The Balaban J connectivity index is 1.36. The van der Waals surface area contributed by atoms with Gasteiger partial charge in [0.25, 0.3) is 0 Å². The number of H-pyrrole nitrogens is 1. The van der Waals surface area contributed by atoms with E-state index in [1.165, 1.54) is 0 Å². The molecule has 1 aliphatic rings. The number of aromatic nitrogens is 2. The quantitative estimate of drug-likeness (QED) is 0.469. The van der Waals surface area contributed by atoms with Crippen LogP contribution in [0.3, 0.4) is 0 Å². The van der Waals surface area contributed by atoms with Crippen LogP contribution in [0.25, 0.3) is 22.2 Å². The molecule has 1 fully saturated rings. The van der Waals surface area contributed by atoms with Gasteiger partial charge in [-0.05, 0) is 53.8 Å². The van der Waals surface area contributed by atoms with Crippen LogP contribution >= 0.6 is 0 Å². The highest BCUT2D eigenvalue weighted by Crippen LogP contribution is 2.33. The molecule has 6 heteroatoms. The number of carbonyl (C=O) groups is 1. The average Bonchev–Trinajstić information content (AvgIpc) is 3.44. The fourth-order valence-electron chi connectivity index (χ4n) is 4.12. The maximum atomic E-state index is 12.7. The second kappa shape index (κ2) is 8.14. The van der Waals surface area contributed by atoms with Gasteiger partial charge in [0.15, 0.2) is 0 Å². The fourth-order valence-corrected chi connectivity index (χ4v) is 4.12. The highest BCUT2D eigenvalue weighted by Gasteiger charge is 2.33. The number of carbonyl (C=O) groups excluding carboxylic acids is 1. The lowest BCUT2D eigenvalue weighted by atomic mass is 10.1. The van der Waals surface area contributed by atoms with Crippen LogP contribution in [0.5, 0.6) is 5.75 Å². The number of fused-ring (bicyclic) bond motifs is 1. The summed E-state index contributed by atoms with van der Waals surface area (Å²) in [5, 5.41) is 9.76. The molecule has 1 aliphatic heterocycles. The first-order valence-corrected chi connectivity index (χ1v) is 10.4. The Morgan fingerprint density at radius 3 is 2.74 bits per heavy atom. The van der Waals surface area contributed by atoms with Crippen molar-refractivity contribution < 1.29 is 14.6 Å². The number of amides is 1. The first-order valence-electron chi connectivity index (χ1n) is 10.4. The number of imidazole rings is 1. The molecular weight excluding hydrogens is 390 g/mol. The van der Waals surface area contributed by atoms with Crippen molar-refractivity contribution in [1.82, 2.24) is 14.9 Å². The van der Waals surface area contributed by atoms with Gasteiger partial charge in [0.2, 0.25) is 0 Å². The topological polar surface area (TPSA) is 78.4 Å². The SMILES string of the molecule is O=C(OCc1ccccc1)N1CCCC1c1nc2ccc(-c3cccc(O)c3)cc2[nH]1. The Kier molecular flexibility index (Phi) is 5.04. The van der Waals surface area contributed by atoms with Crippen LogP contribution in [-0.2, 0) is 11.3 Å². The molecule has 1 aromatic heterocycles. The molecule has 0 bridgehead atoms. The van der Waals surface area contributed by atoms with Crippen LogP contribution in [0, 0.1) is 0 Å². The molecule has 2 heterocycles. The summed E-state index contributed by atoms with van der Waals surface area (Å²) in [5.41, 5.74) is 4.65. The maximum absolute atomic E-state index is 12.7. The van der Waals surface area contributed by atoms with Crippen molar-refractivity contribution in [2.45, 2.75) is 25.5 Å². The van der Waals surface area contributed by atoms with Crippen molar-refractivity contribution in [3.05, 3.63) is 84.2 Å². The maximum Gasteiger partial charge on any atom is 0.410 e. The van der Waals surface area contributed by atoms with E-state index < -0.39 is 0 Å². The summed E-state index contributed by atoms with van der Waals surface area (Å²) in [4.78, 5) is 22.6. The lowest BCUT2D eigenvalue weighted by Crippen LogP contribution is -2.31. The van der Waals surface area contributed by atoms with E-state index in [0.29, 0.717) is 6.54 Å². The highest BCUT2D eigenvalue weighted by atomic mass is 16.6. The molecule has 2 N–H and O–H groups in total.